The van der Waals surface area contributed by atoms with Crippen molar-refractivity contribution in [3.05, 3.63) is 21.6 Å². The minimum atomic E-state index is -0.513. The molecule has 1 atom stereocenters. The number of imidazole rings is 1. The molecule has 5 heteroatoms. The van der Waals surface area contributed by atoms with Crippen molar-refractivity contribution >= 4 is 5.82 Å². The molecule has 0 N–H and O–H groups in total. The largest absolute Gasteiger partial charge is 0.384 e. The maximum Gasteiger partial charge on any atom is 0.384 e. The van der Waals surface area contributed by atoms with E-state index in [0.29, 0.717) is 17.9 Å². The summed E-state index contributed by atoms with van der Waals surface area (Å²) in [5.41, 5.74) is 0.496. The first-order valence-electron chi connectivity index (χ1n) is 4.66. The van der Waals surface area contributed by atoms with Crippen LogP contribution >= 0.6 is 0 Å². The number of rotatable bonds is 3. The van der Waals surface area contributed by atoms with Gasteiger partial charge in [0.25, 0.3) is 0 Å². The summed E-state index contributed by atoms with van der Waals surface area (Å²) in [5.74, 6) is 0.310. The van der Waals surface area contributed by atoms with E-state index in [2.05, 4.69) is 4.98 Å². The Kier molecular flexibility index (Phi) is 2.25. The fraction of sp³-hybridized carbons (Fsp3) is 0.625. The Morgan fingerprint density at radius 3 is 2.77 bits per heavy atom. The summed E-state index contributed by atoms with van der Waals surface area (Å²) >= 11 is 0. The van der Waals surface area contributed by atoms with Gasteiger partial charge < -0.3 is 14.7 Å². The maximum atomic E-state index is 10.6. The van der Waals surface area contributed by atoms with E-state index < -0.39 is 11.3 Å². The molecule has 0 aliphatic rings. The summed E-state index contributed by atoms with van der Waals surface area (Å²) < 4.78 is 9.26. The maximum absolute atomic E-state index is 10.6. The van der Waals surface area contributed by atoms with Gasteiger partial charge in [-0.3, -0.25) is 0 Å². The predicted octanol–water partition coefficient (Wildman–Crippen LogP) is 1.59. The number of nitrogens with zero attached hydrogens (tertiary/aromatic N) is 3. The molecular weight excluding hydrogens is 170 g/mol. The van der Waals surface area contributed by atoms with E-state index >= 15 is 0 Å². The highest BCUT2D eigenvalue weighted by molar-refractivity contribution is 5.28. The number of aryl methyl sites for hydroxylation is 1. The molecule has 1 aromatic heterocycles. The van der Waals surface area contributed by atoms with Crippen LogP contribution in [0.1, 0.15) is 26.2 Å². The summed E-state index contributed by atoms with van der Waals surface area (Å²) in [7, 11) is 1.70. The molecule has 0 saturated carbocycles. The molecule has 0 radical (unpaired) electrons. The minimum absolute atomic E-state index is 0.145. The van der Waals surface area contributed by atoms with Crippen molar-refractivity contribution < 1.29 is 6.29 Å². The van der Waals surface area contributed by atoms with Gasteiger partial charge in [-0.25, -0.2) is 0 Å². The van der Waals surface area contributed by atoms with Gasteiger partial charge in [-0.05, 0) is 23.3 Å². The van der Waals surface area contributed by atoms with Crippen LogP contribution < -0.4 is 0 Å². The second-order valence-corrected chi connectivity index (χ2v) is 2.81. The molecule has 1 unspecified atom stereocenters. The standard InChI is InChI=1S/C8H13N3O2/c1-4-5-7-9-8(11(12)13)6(2)10(7)3/h4-5H2,1-3H3/i5D. The molecule has 0 spiro atoms. The van der Waals surface area contributed by atoms with Crippen LogP contribution in [0.5, 0.6) is 0 Å². The molecule has 0 aliphatic heterocycles. The van der Waals surface area contributed by atoms with Crippen LogP contribution in [0.2, 0.25) is 0 Å². The zero-order chi connectivity index (χ0) is 10.9. The van der Waals surface area contributed by atoms with Crippen LogP contribution in [0.4, 0.5) is 5.82 Å². The normalized spacial score (nSPS) is 13.9. The molecule has 0 fully saturated rings. The Morgan fingerprint density at radius 1 is 1.77 bits per heavy atom. The zero-order valence-electron chi connectivity index (χ0n) is 8.94. The SMILES string of the molecule is [2H]C(CC)c1nc([N+](=O)[O-])c(C)n1C. The van der Waals surface area contributed by atoms with Gasteiger partial charge in [-0.2, -0.15) is 0 Å². The van der Waals surface area contributed by atoms with E-state index in [4.69, 9.17) is 1.37 Å². The predicted molar refractivity (Wildman–Crippen MR) is 48.6 cm³/mol. The van der Waals surface area contributed by atoms with Crippen molar-refractivity contribution in [3.8, 4) is 0 Å². The van der Waals surface area contributed by atoms with Crippen LogP contribution in [0.3, 0.4) is 0 Å². The van der Waals surface area contributed by atoms with E-state index in [9.17, 15) is 10.1 Å². The summed E-state index contributed by atoms with van der Waals surface area (Å²) in [6.07, 6.45) is 0.106. The van der Waals surface area contributed by atoms with Crippen LogP contribution in [0.15, 0.2) is 0 Å². The molecule has 72 valence electrons. The Balaban J connectivity index is 3.21. The molecule has 0 aliphatic carbocycles. The van der Waals surface area contributed by atoms with E-state index in [-0.39, 0.29) is 5.82 Å². The van der Waals surface area contributed by atoms with Crippen molar-refractivity contribution in [2.24, 2.45) is 7.05 Å². The Hall–Kier alpha value is -1.39. The Morgan fingerprint density at radius 2 is 2.38 bits per heavy atom. The van der Waals surface area contributed by atoms with Gasteiger partial charge in [-0.15, -0.1) is 0 Å². The second kappa shape index (κ2) is 3.55. The smallest absolute Gasteiger partial charge is 0.358 e. The van der Waals surface area contributed by atoms with Gasteiger partial charge in [-0.1, -0.05) is 6.92 Å². The van der Waals surface area contributed by atoms with Gasteiger partial charge in [0, 0.05) is 14.8 Å². The monoisotopic (exact) mass is 184 g/mol. The van der Waals surface area contributed by atoms with Crippen LogP contribution in [-0.4, -0.2) is 14.5 Å². The molecular formula is C8H13N3O2. The average molecular weight is 184 g/mol. The van der Waals surface area contributed by atoms with Crippen molar-refractivity contribution in [3.63, 3.8) is 0 Å². The lowest BCUT2D eigenvalue weighted by atomic mass is 10.3. The van der Waals surface area contributed by atoms with Crippen molar-refractivity contribution in [1.29, 1.82) is 0 Å². The molecule has 0 saturated heterocycles. The topological polar surface area (TPSA) is 61.0 Å². The quantitative estimate of drug-likeness (QED) is 0.529. The zero-order valence-corrected chi connectivity index (χ0v) is 7.94. The lowest BCUT2D eigenvalue weighted by Crippen LogP contribution is -1.98. The Bertz CT molecular complexity index is 362. The summed E-state index contributed by atoms with van der Waals surface area (Å²) in [6, 6.07) is 0. The average Bonchev–Trinajstić information content (AvgIpc) is 2.43. The van der Waals surface area contributed by atoms with E-state index in [1.54, 1.807) is 18.5 Å². The van der Waals surface area contributed by atoms with Gasteiger partial charge in [0.05, 0.1) is 0 Å². The highest BCUT2D eigenvalue weighted by atomic mass is 16.6. The molecule has 1 rings (SSSR count). The van der Waals surface area contributed by atoms with Gasteiger partial charge in [0.15, 0.2) is 0 Å². The van der Waals surface area contributed by atoms with Gasteiger partial charge >= 0.3 is 5.82 Å². The first-order valence-corrected chi connectivity index (χ1v) is 4.08. The third kappa shape index (κ3) is 1.68. The first kappa shape index (κ1) is 8.22. The molecule has 0 bridgehead atoms. The van der Waals surface area contributed by atoms with Gasteiger partial charge in [0.1, 0.15) is 5.69 Å². The molecule has 0 amide bonds. The lowest BCUT2D eigenvalue weighted by Gasteiger charge is -1.95. The second-order valence-electron chi connectivity index (χ2n) is 2.81. The summed E-state index contributed by atoms with van der Waals surface area (Å²) in [4.78, 5) is 13.9. The number of hydrogen-bond donors (Lipinski definition) is 0. The summed E-state index contributed by atoms with van der Waals surface area (Å²) in [5, 5.41) is 10.6. The van der Waals surface area contributed by atoms with E-state index in [1.165, 1.54) is 0 Å². The number of aromatic nitrogens is 2. The minimum Gasteiger partial charge on any atom is -0.358 e. The highest BCUT2D eigenvalue weighted by Gasteiger charge is 2.21. The molecule has 1 aromatic rings. The molecule has 5 nitrogen and oxygen atoms in total. The molecule has 0 aromatic carbocycles. The fourth-order valence-electron chi connectivity index (χ4n) is 1.12. The van der Waals surface area contributed by atoms with E-state index in [0.717, 1.165) is 0 Å². The third-order valence-electron chi connectivity index (χ3n) is 1.95. The van der Waals surface area contributed by atoms with Crippen LogP contribution in [-0.2, 0) is 13.4 Å². The molecule has 1 heterocycles. The van der Waals surface area contributed by atoms with Crippen molar-refractivity contribution in [1.82, 2.24) is 9.55 Å². The highest BCUT2D eigenvalue weighted by Crippen LogP contribution is 2.17. The fourth-order valence-corrected chi connectivity index (χ4v) is 1.12. The van der Waals surface area contributed by atoms with E-state index in [1.807, 2.05) is 6.92 Å². The number of hydrogen-bond acceptors (Lipinski definition) is 3. The number of nitro groups is 1. The Labute approximate surface area is 78.0 Å². The molecule has 13 heavy (non-hydrogen) atoms. The lowest BCUT2D eigenvalue weighted by molar-refractivity contribution is -0.390. The van der Waals surface area contributed by atoms with Crippen LogP contribution in [0.25, 0.3) is 0 Å². The van der Waals surface area contributed by atoms with Crippen LogP contribution in [0, 0.1) is 17.0 Å². The van der Waals surface area contributed by atoms with Crippen molar-refractivity contribution in [2.75, 3.05) is 0 Å². The first-order chi connectivity index (χ1) is 6.49. The summed E-state index contributed by atoms with van der Waals surface area (Å²) in [6.45, 7) is 3.49. The third-order valence-corrected chi connectivity index (χ3v) is 1.95. The van der Waals surface area contributed by atoms with Gasteiger partial charge in [0.2, 0.25) is 5.82 Å². The van der Waals surface area contributed by atoms with Crippen molar-refractivity contribution in [2.45, 2.75) is 26.7 Å².